The number of allylic oxidation sites excluding steroid dienone is 2. The molecule has 1 heteroatoms. The second-order valence-electron chi connectivity index (χ2n) is 4.40. The Labute approximate surface area is 87.6 Å². The maximum atomic E-state index is 11.3. The highest BCUT2D eigenvalue weighted by Gasteiger charge is 2.13. The molecule has 0 unspecified atom stereocenters. The van der Waals surface area contributed by atoms with Crippen LogP contribution in [-0.4, -0.2) is 5.78 Å². The Morgan fingerprint density at radius 2 is 1.93 bits per heavy atom. The number of hydrogen-bond acceptors (Lipinski definition) is 1. The molecule has 1 rings (SSSR count). The van der Waals surface area contributed by atoms with Gasteiger partial charge in [-0.1, -0.05) is 38.7 Å². The Morgan fingerprint density at radius 1 is 1.29 bits per heavy atom. The molecule has 0 N–H and O–H groups in total. The van der Waals surface area contributed by atoms with Crippen LogP contribution in [0.5, 0.6) is 0 Å². The fourth-order valence-electron chi connectivity index (χ4n) is 2.23. The van der Waals surface area contributed by atoms with E-state index < -0.39 is 0 Å². The molecule has 80 valence electrons. The number of carbonyl (C=O) groups is 1. The summed E-state index contributed by atoms with van der Waals surface area (Å²) in [7, 11) is 0. The SMILES string of the molecule is CCC/C(=C\C1CCCCC1)C(C)=O. The van der Waals surface area contributed by atoms with Gasteiger partial charge >= 0.3 is 0 Å². The van der Waals surface area contributed by atoms with Crippen LogP contribution < -0.4 is 0 Å². The fourth-order valence-corrected chi connectivity index (χ4v) is 2.23. The van der Waals surface area contributed by atoms with Gasteiger partial charge in [-0.25, -0.2) is 0 Å². The second-order valence-corrected chi connectivity index (χ2v) is 4.40. The molecule has 1 saturated carbocycles. The van der Waals surface area contributed by atoms with Gasteiger partial charge in [0.1, 0.15) is 0 Å². The van der Waals surface area contributed by atoms with E-state index in [1.54, 1.807) is 6.92 Å². The number of ketones is 1. The van der Waals surface area contributed by atoms with Crippen molar-refractivity contribution in [3.05, 3.63) is 11.6 Å². The van der Waals surface area contributed by atoms with Crippen molar-refractivity contribution in [2.75, 3.05) is 0 Å². The van der Waals surface area contributed by atoms with Gasteiger partial charge in [0.2, 0.25) is 0 Å². The first kappa shape index (κ1) is 11.5. The zero-order chi connectivity index (χ0) is 10.4. The van der Waals surface area contributed by atoms with Crippen LogP contribution in [0.1, 0.15) is 58.8 Å². The molecular formula is C13H22O. The van der Waals surface area contributed by atoms with Gasteiger partial charge in [-0.3, -0.25) is 4.79 Å². The van der Waals surface area contributed by atoms with Crippen molar-refractivity contribution in [2.24, 2.45) is 5.92 Å². The molecule has 0 aromatic carbocycles. The third-order valence-corrected chi connectivity index (χ3v) is 3.06. The summed E-state index contributed by atoms with van der Waals surface area (Å²) in [4.78, 5) is 11.3. The smallest absolute Gasteiger partial charge is 0.155 e. The van der Waals surface area contributed by atoms with Gasteiger partial charge in [0.25, 0.3) is 0 Å². The average Bonchev–Trinajstić information content (AvgIpc) is 2.18. The summed E-state index contributed by atoms with van der Waals surface area (Å²) in [5, 5.41) is 0. The molecule has 0 bridgehead atoms. The third kappa shape index (κ3) is 3.65. The highest BCUT2D eigenvalue weighted by molar-refractivity contribution is 5.93. The van der Waals surface area contributed by atoms with E-state index in [4.69, 9.17) is 0 Å². The summed E-state index contributed by atoms with van der Waals surface area (Å²) < 4.78 is 0. The van der Waals surface area contributed by atoms with E-state index >= 15 is 0 Å². The predicted octanol–water partition coefficient (Wildman–Crippen LogP) is 3.88. The lowest BCUT2D eigenvalue weighted by molar-refractivity contribution is -0.113. The van der Waals surface area contributed by atoms with Gasteiger partial charge in [-0.2, -0.15) is 0 Å². The van der Waals surface area contributed by atoms with Crippen molar-refractivity contribution in [3.8, 4) is 0 Å². The number of carbonyl (C=O) groups excluding carboxylic acids is 1. The van der Waals surface area contributed by atoms with E-state index in [9.17, 15) is 4.79 Å². The molecule has 0 amide bonds. The number of Topliss-reactive ketones (excluding diaryl/α,β-unsaturated/α-hetero) is 1. The Kier molecular flexibility index (Phi) is 4.92. The summed E-state index contributed by atoms with van der Waals surface area (Å²) in [5.74, 6) is 0.964. The summed E-state index contributed by atoms with van der Waals surface area (Å²) >= 11 is 0. The molecule has 0 spiro atoms. The summed E-state index contributed by atoms with van der Waals surface area (Å²) in [6.45, 7) is 3.84. The highest BCUT2D eigenvalue weighted by Crippen LogP contribution is 2.26. The van der Waals surface area contributed by atoms with Crippen LogP contribution in [0.15, 0.2) is 11.6 Å². The van der Waals surface area contributed by atoms with Crippen LogP contribution in [0.2, 0.25) is 0 Å². The highest BCUT2D eigenvalue weighted by atomic mass is 16.1. The molecule has 1 nitrogen and oxygen atoms in total. The van der Waals surface area contributed by atoms with E-state index in [1.165, 1.54) is 32.1 Å². The summed E-state index contributed by atoms with van der Waals surface area (Å²) in [6, 6.07) is 0. The van der Waals surface area contributed by atoms with E-state index in [0.29, 0.717) is 5.92 Å². The van der Waals surface area contributed by atoms with Gasteiger partial charge in [0, 0.05) is 0 Å². The maximum absolute atomic E-state index is 11.3. The molecule has 0 atom stereocenters. The Bertz CT molecular complexity index is 209. The van der Waals surface area contributed by atoms with Crippen molar-refractivity contribution in [1.82, 2.24) is 0 Å². The van der Waals surface area contributed by atoms with Crippen LogP contribution in [0.4, 0.5) is 0 Å². The van der Waals surface area contributed by atoms with Crippen molar-refractivity contribution in [1.29, 1.82) is 0 Å². The average molecular weight is 194 g/mol. The summed E-state index contributed by atoms with van der Waals surface area (Å²) in [5.41, 5.74) is 1.07. The normalized spacial score (nSPS) is 19.7. The van der Waals surface area contributed by atoms with Gasteiger partial charge in [0.05, 0.1) is 0 Å². The van der Waals surface area contributed by atoms with Gasteiger partial charge < -0.3 is 0 Å². The molecule has 0 saturated heterocycles. The molecule has 1 aliphatic rings. The lowest BCUT2D eigenvalue weighted by Crippen LogP contribution is -2.06. The minimum Gasteiger partial charge on any atom is -0.295 e. The van der Waals surface area contributed by atoms with Crippen molar-refractivity contribution in [3.63, 3.8) is 0 Å². The zero-order valence-corrected chi connectivity index (χ0v) is 9.51. The Balaban J connectivity index is 2.55. The van der Waals surface area contributed by atoms with E-state index in [2.05, 4.69) is 13.0 Å². The van der Waals surface area contributed by atoms with E-state index in [1.807, 2.05) is 0 Å². The van der Waals surface area contributed by atoms with E-state index in [-0.39, 0.29) is 5.78 Å². The molecule has 0 aromatic rings. The van der Waals surface area contributed by atoms with Crippen LogP contribution in [0, 0.1) is 5.92 Å². The zero-order valence-electron chi connectivity index (χ0n) is 9.51. The fraction of sp³-hybridized carbons (Fsp3) is 0.769. The van der Waals surface area contributed by atoms with Crippen molar-refractivity contribution in [2.45, 2.75) is 58.8 Å². The number of hydrogen-bond donors (Lipinski definition) is 0. The Hall–Kier alpha value is -0.590. The largest absolute Gasteiger partial charge is 0.295 e. The molecule has 0 radical (unpaired) electrons. The van der Waals surface area contributed by atoms with Gasteiger partial charge in [-0.15, -0.1) is 0 Å². The minimum absolute atomic E-state index is 0.275. The lowest BCUT2D eigenvalue weighted by Gasteiger charge is -2.19. The summed E-state index contributed by atoms with van der Waals surface area (Å²) in [6.07, 6.45) is 11.0. The lowest BCUT2D eigenvalue weighted by atomic mass is 9.87. The monoisotopic (exact) mass is 194 g/mol. The number of rotatable bonds is 4. The van der Waals surface area contributed by atoms with Crippen molar-refractivity contribution >= 4 is 5.78 Å². The predicted molar refractivity (Wildman–Crippen MR) is 60.2 cm³/mol. The molecule has 0 aliphatic heterocycles. The molecular weight excluding hydrogens is 172 g/mol. The topological polar surface area (TPSA) is 17.1 Å². The minimum atomic E-state index is 0.275. The van der Waals surface area contributed by atoms with Gasteiger partial charge in [-0.05, 0) is 37.7 Å². The second kappa shape index (κ2) is 6.00. The molecule has 1 aliphatic carbocycles. The first-order valence-corrected chi connectivity index (χ1v) is 5.95. The maximum Gasteiger partial charge on any atom is 0.155 e. The van der Waals surface area contributed by atoms with Crippen LogP contribution in [-0.2, 0) is 4.79 Å². The van der Waals surface area contributed by atoms with Crippen molar-refractivity contribution < 1.29 is 4.79 Å². The standard InChI is InChI=1S/C13H22O/c1-3-7-13(11(2)14)10-12-8-5-4-6-9-12/h10,12H,3-9H2,1-2H3/b13-10+. The van der Waals surface area contributed by atoms with Crippen LogP contribution >= 0.6 is 0 Å². The first-order valence-electron chi connectivity index (χ1n) is 5.95. The van der Waals surface area contributed by atoms with Crippen LogP contribution in [0.25, 0.3) is 0 Å². The van der Waals surface area contributed by atoms with Gasteiger partial charge in [0.15, 0.2) is 5.78 Å². The third-order valence-electron chi connectivity index (χ3n) is 3.06. The molecule has 1 fully saturated rings. The van der Waals surface area contributed by atoms with Crippen LogP contribution in [0.3, 0.4) is 0 Å². The first-order chi connectivity index (χ1) is 6.74. The molecule has 14 heavy (non-hydrogen) atoms. The quantitative estimate of drug-likeness (QED) is 0.621. The molecule has 0 heterocycles. The van der Waals surface area contributed by atoms with E-state index in [0.717, 1.165) is 18.4 Å². The Morgan fingerprint density at radius 3 is 2.43 bits per heavy atom. The molecule has 0 aromatic heterocycles.